The molecule has 1 rings (SSSR count). The molecule has 1 heterocycles. The van der Waals surface area contributed by atoms with Gasteiger partial charge in [0.25, 0.3) is 0 Å². The molecule has 2 heteroatoms. The normalized spacial score (nSPS) is 9.44. The van der Waals surface area contributed by atoms with Crippen molar-refractivity contribution in [3.05, 3.63) is 30.1 Å². The molecule has 0 bridgehead atoms. The van der Waals surface area contributed by atoms with Crippen LogP contribution in [0.4, 0.5) is 0 Å². The molecule has 9 heavy (non-hydrogen) atoms. The van der Waals surface area contributed by atoms with Crippen LogP contribution in [-0.4, -0.2) is 11.5 Å². The van der Waals surface area contributed by atoms with Crippen LogP contribution in [0.25, 0.3) is 0 Å². The minimum absolute atomic E-state index is 0.669. The molecule has 0 aliphatic rings. The van der Waals surface area contributed by atoms with E-state index in [1.54, 1.807) is 6.20 Å². The van der Waals surface area contributed by atoms with Gasteiger partial charge in [0.2, 0.25) is 0 Å². The summed E-state index contributed by atoms with van der Waals surface area (Å²) in [6.45, 7) is 0.669. The zero-order valence-electron chi connectivity index (χ0n) is 5.17. The van der Waals surface area contributed by atoms with Crippen LogP contribution in [0.5, 0.6) is 0 Å². The molecule has 0 amide bonds. The average molecular weight is 121 g/mol. The molecular formula is C7H9N2. The van der Waals surface area contributed by atoms with E-state index in [-0.39, 0.29) is 0 Å². The molecule has 0 aliphatic carbocycles. The van der Waals surface area contributed by atoms with Gasteiger partial charge in [0, 0.05) is 6.20 Å². The Bertz CT molecular complexity index is 160. The van der Waals surface area contributed by atoms with E-state index in [1.165, 1.54) is 0 Å². The van der Waals surface area contributed by atoms with Crippen molar-refractivity contribution in [1.82, 2.24) is 4.98 Å². The third-order valence-electron chi connectivity index (χ3n) is 1.08. The van der Waals surface area contributed by atoms with Crippen LogP contribution in [0.15, 0.2) is 18.3 Å². The first-order valence-electron chi connectivity index (χ1n) is 2.95. The lowest BCUT2D eigenvalue weighted by Gasteiger charge is -1.92. The molecule has 0 aromatic carbocycles. The molecule has 0 atom stereocenters. The van der Waals surface area contributed by atoms with Crippen molar-refractivity contribution in [2.45, 2.75) is 6.42 Å². The number of rotatable bonds is 2. The number of aromatic nitrogens is 1. The summed E-state index contributed by atoms with van der Waals surface area (Å²) in [6, 6.07) is 3.86. The van der Waals surface area contributed by atoms with Crippen molar-refractivity contribution in [1.29, 1.82) is 0 Å². The molecule has 0 spiro atoms. The lowest BCUT2D eigenvalue weighted by Crippen LogP contribution is -2.02. The molecule has 1 radical (unpaired) electrons. The second-order valence-electron chi connectivity index (χ2n) is 1.81. The summed E-state index contributed by atoms with van der Waals surface area (Å²) in [5, 5.41) is 0. The molecule has 1 aromatic heterocycles. The second-order valence-corrected chi connectivity index (χ2v) is 1.81. The first-order chi connectivity index (χ1) is 4.43. The highest BCUT2D eigenvalue weighted by atomic mass is 14.6. The van der Waals surface area contributed by atoms with Crippen LogP contribution in [0.2, 0.25) is 0 Å². The summed E-state index contributed by atoms with van der Waals surface area (Å²) in [4.78, 5) is 3.82. The van der Waals surface area contributed by atoms with Crippen LogP contribution < -0.4 is 5.73 Å². The minimum atomic E-state index is 0.669. The van der Waals surface area contributed by atoms with Gasteiger partial charge in [0.05, 0.1) is 6.20 Å². The SMILES string of the molecule is NCCc1[c]nccc1. The molecule has 47 valence electrons. The topological polar surface area (TPSA) is 38.9 Å². The fourth-order valence-electron chi connectivity index (χ4n) is 0.654. The molecule has 2 nitrogen and oxygen atoms in total. The van der Waals surface area contributed by atoms with Crippen LogP contribution in [0.1, 0.15) is 5.56 Å². The Balaban J connectivity index is 2.61. The largest absolute Gasteiger partial charge is 0.330 e. The minimum Gasteiger partial charge on any atom is -0.330 e. The molecule has 0 saturated carbocycles. The van der Waals surface area contributed by atoms with Gasteiger partial charge in [-0.2, -0.15) is 0 Å². The third-order valence-corrected chi connectivity index (χ3v) is 1.08. The smallest absolute Gasteiger partial charge is 0.0921 e. The lowest BCUT2D eigenvalue weighted by molar-refractivity contribution is 0.955. The van der Waals surface area contributed by atoms with E-state index in [9.17, 15) is 0 Å². The van der Waals surface area contributed by atoms with E-state index in [0.717, 1.165) is 12.0 Å². The van der Waals surface area contributed by atoms with Gasteiger partial charge in [-0.3, -0.25) is 4.98 Å². The number of pyridine rings is 1. The maximum Gasteiger partial charge on any atom is 0.0921 e. The average Bonchev–Trinajstić information content (AvgIpc) is 1.91. The van der Waals surface area contributed by atoms with E-state index < -0.39 is 0 Å². The Morgan fingerprint density at radius 2 is 2.56 bits per heavy atom. The van der Waals surface area contributed by atoms with Crippen molar-refractivity contribution >= 4 is 0 Å². The zero-order chi connectivity index (χ0) is 6.53. The highest BCUT2D eigenvalue weighted by molar-refractivity contribution is 5.06. The van der Waals surface area contributed by atoms with E-state index in [0.29, 0.717) is 6.54 Å². The molecule has 0 saturated heterocycles. The Hall–Kier alpha value is -0.890. The fraction of sp³-hybridized carbons (Fsp3) is 0.286. The monoisotopic (exact) mass is 121 g/mol. The van der Waals surface area contributed by atoms with Gasteiger partial charge in [-0.05, 0) is 24.6 Å². The predicted octanol–water partition coefficient (Wildman–Crippen LogP) is 0.383. The standard InChI is InChI=1S/C7H9N2/c8-4-3-7-2-1-5-9-6-7/h1-2,5H,3-4,8H2. The summed E-state index contributed by atoms with van der Waals surface area (Å²) < 4.78 is 0. The molecule has 0 aliphatic heterocycles. The summed E-state index contributed by atoms with van der Waals surface area (Å²) in [6.07, 6.45) is 5.42. The molecule has 0 fully saturated rings. The number of nitrogens with two attached hydrogens (primary N) is 1. The second kappa shape index (κ2) is 3.20. The van der Waals surface area contributed by atoms with Gasteiger partial charge in [-0.15, -0.1) is 0 Å². The highest BCUT2D eigenvalue weighted by Gasteiger charge is 1.86. The Labute approximate surface area is 54.7 Å². The summed E-state index contributed by atoms with van der Waals surface area (Å²) in [5.41, 5.74) is 6.40. The molecule has 0 unspecified atom stereocenters. The van der Waals surface area contributed by atoms with Gasteiger partial charge in [0.1, 0.15) is 0 Å². The quantitative estimate of drug-likeness (QED) is 0.614. The molecule has 2 N–H and O–H groups in total. The van der Waals surface area contributed by atoms with Gasteiger partial charge < -0.3 is 5.73 Å². The highest BCUT2D eigenvalue weighted by Crippen LogP contribution is 1.92. The van der Waals surface area contributed by atoms with Gasteiger partial charge >= 0.3 is 0 Å². The third kappa shape index (κ3) is 1.82. The van der Waals surface area contributed by atoms with E-state index >= 15 is 0 Å². The lowest BCUT2D eigenvalue weighted by atomic mass is 10.2. The van der Waals surface area contributed by atoms with Crippen molar-refractivity contribution in [3.63, 3.8) is 0 Å². The van der Waals surface area contributed by atoms with Crippen LogP contribution >= 0.6 is 0 Å². The maximum atomic E-state index is 5.31. The van der Waals surface area contributed by atoms with Crippen LogP contribution in [0.3, 0.4) is 0 Å². The van der Waals surface area contributed by atoms with Gasteiger partial charge in [0.15, 0.2) is 0 Å². The Morgan fingerprint density at radius 1 is 1.67 bits per heavy atom. The summed E-state index contributed by atoms with van der Waals surface area (Å²) >= 11 is 0. The Kier molecular flexibility index (Phi) is 2.22. The number of hydrogen-bond acceptors (Lipinski definition) is 2. The van der Waals surface area contributed by atoms with Crippen LogP contribution in [-0.2, 0) is 6.42 Å². The molecular weight excluding hydrogens is 112 g/mol. The first-order valence-corrected chi connectivity index (χ1v) is 2.95. The van der Waals surface area contributed by atoms with Crippen molar-refractivity contribution in [2.75, 3.05) is 6.54 Å². The maximum absolute atomic E-state index is 5.31. The summed E-state index contributed by atoms with van der Waals surface area (Å²) in [7, 11) is 0. The number of hydrogen-bond donors (Lipinski definition) is 1. The van der Waals surface area contributed by atoms with Crippen molar-refractivity contribution < 1.29 is 0 Å². The van der Waals surface area contributed by atoms with Gasteiger partial charge in [-0.25, -0.2) is 0 Å². The predicted molar refractivity (Wildman–Crippen MR) is 35.8 cm³/mol. The van der Waals surface area contributed by atoms with Crippen molar-refractivity contribution in [3.8, 4) is 0 Å². The van der Waals surface area contributed by atoms with Gasteiger partial charge in [-0.1, -0.05) is 6.07 Å². The fourth-order valence-corrected chi connectivity index (χ4v) is 0.654. The zero-order valence-corrected chi connectivity index (χ0v) is 5.17. The number of nitrogens with zero attached hydrogens (tertiary/aromatic N) is 1. The molecule has 1 aromatic rings. The Morgan fingerprint density at radius 3 is 3.11 bits per heavy atom. The van der Waals surface area contributed by atoms with Crippen molar-refractivity contribution in [2.24, 2.45) is 5.73 Å². The van der Waals surface area contributed by atoms with E-state index in [1.807, 2.05) is 12.1 Å². The van der Waals surface area contributed by atoms with Crippen LogP contribution in [0, 0.1) is 6.20 Å². The summed E-state index contributed by atoms with van der Waals surface area (Å²) in [5.74, 6) is 0. The first kappa shape index (κ1) is 6.23. The van der Waals surface area contributed by atoms with E-state index in [2.05, 4.69) is 11.2 Å². The van der Waals surface area contributed by atoms with E-state index in [4.69, 9.17) is 5.73 Å².